The van der Waals surface area contributed by atoms with E-state index < -0.39 is 0 Å². The quantitative estimate of drug-likeness (QED) is 0.811. The first-order chi connectivity index (χ1) is 8.67. The zero-order valence-electron chi connectivity index (χ0n) is 11.7. The average molecular weight is 253 g/mol. The highest BCUT2D eigenvalue weighted by Gasteiger charge is 2.19. The lowest BCUT2D eigenvalue weighted by atomic mass is 9.99. The Morgan fingerprint density at radius 1 is 1.06 bits per heavy atom. The average Bonchev–Trinajstić information content (AvgIpc) is 2.42. The van der Waals surface area contributed by atoms with Crippen molar-refractivity contribution in [1.29, 1.82) is 0 Å². The number of ether oxygens (including phenoxy) is 3. The Morgan fingerprint density at radius 3 is 2.00 bits per heavy atom. The minimum atomic E-state index is -0.0826. The van der Waals surface area contributed by atoms with Crippen molar-refractivity contribution in [2.45, 2.75) is 32.2 Å². The standard InChI is InChI=1S/C14H23NO3/c1-5-6-7-11(15)14-12(17-3)8-10(16-2)9-13(14)18-4/h8-9,11H,5-7,15H2,1-4H3/t11-/m1/s1. The molecule has 0 radical (unpaired) electrons. The van der Waals surface area contributed by atoms with Gasteiger partial charge in [-0.05, 0) is 6.42 Å². The maximum absolute atomic E-state index is 6.22. The molecule has 0 unspecified atom stereocenters. The summed E-state index contributed by atoms with van der Waals surface area (Å²) in [4.78, 5) is 0. The summed E-state index contributed by atoms with van der Waals surface area (Å²) in [6.07, 6.45) is 3.11. The number of nitrogens with two attached hydrogens (primary N) is 1. The van der Waals surface area contributed by atoms with Crippen LogP contribution >= 0.6 is 0 Å². The number of unbranched alkanes of at least 4 members (excludes halogenated alkanes) is 1. The second-order valence-corrected chi connectivity index (χ2v) is 4.19. The molecule has 0 aromatic heterocycles. The third-order valence-corrected chi connectivity index (χ3v) is 2.99. The van der Waals surface area contributed by atoms with E-state index in [9.17, 15) is 0 Å². The van der Waals surface area contributed by atoms with Gasteiger partial charge in [0.2, 0.25) is 0 Å². The van der Waals surface area contributed by atoms with Crippen LogP contribution in [0.1, 0.15) is 37.8 Å². The Hall–Kier alpha value is -1.42. The van der Waals surface area contributed by atoms with Crippen LogP contribution in [-0.2, 0) is 0 Å². The van der Waals surface area contributed by atoms with Gasteiger partial charge in [-0.3, -0.25) is 0 Å². The molecule has 0 aliphatic rings. The number of hydrogen-bond donors (Lipinski definition) is 1. The molecular formula is C14H23NO3. The molecule has 0 fully saturated rings. The predicted molar refractivity (Wildman–Crippen MR) is 72.6 cm³/mol. The van der Waals surface area contributed by atoms with Crippen LogP contribution in [0.5, 0.6) is 17.2 Å². The van der Waals surface area contributed by atoms with Crippen LogP contribution < -0.4 is 19.9 Å². The molecule has 2 N–H and O–H groups in total. The van der Waals surface area contributed by atoms with Crippen LogP contribution in [-0.4, -0.2) is 21.3 Å². The summed E-state index contributed by atoms with van der Waals surface area (Å²) >= 11 is 0. The maximum Gasteiger partial charge on any atom is 0.131 e. The van der Waals surface area contributed by atoms with Crippen molar-refractivity contribution in [2.75, 3.05) is 21.3 Å². The van der Waals surface area contributed by atoms with Crippen LogP contribution in [0.3, 0.4) is 0 Å². The highest BCUT2D eigenvalue weighted by atomic mass is 16.5. The fourth-order valence-corrected chi connectivity index (χ4v) is 1.97. The molecule has 0 saturated carbocycles. The molecule has 18 heavy (non-hydrogen) atoms. The summed E-state index contributed by atoms with van der Waals surface area (Å²) in [6.45, 7) is 2.15. The van der Waals surface area contributed by atoms with Crippen molar-refractivity contribution in [3.63, 3.8) is 0 Å². The smallest absolute Gasteiger partial charge is 0.131 e. The molecule has 1 atom stereocenters. The topological polar surface area (TPSA) is 53.7 Å². The van der Waals surface area contributed by atoms with Crippen molar-refractivity contribution < 1.29 is 14.2 Å². The predicted octanol–water partition coefficient (Wildman–Crippen LogP) is 2.90. The number of methoxy groups -OCH3 is 3. The molecule has 0 heterocycles. The maximum atomic E-state index is 6.22. The van der Waals surface area contributed by atoms with Gasteiger partial charge in [0, 0.05) is 18.2 Å². The van der Waals surface area contributed by atoms with Gasteiger partial charge >= 0.3 is 0 Å². The van der Waals surface area contributed by atoms with Crippen LogP contribution in [0, 0.1) is 0 Å². The number of hydrogen-bond acceptors (Lipinski definition) is 4. The zero-order chi connectivity index (χ0) is 13.5. The highest BCUT2D eigenvalue weighted by Crippen LogP contribution is 2.38. The number of rotatable bonds is 7. The molecule has 1 aromatic rings. The van der Waals surface area contributed by atoms with Crippen LogP contribution in [0.15, 0.2) is 12.1 Å². The Bertz CT molecular complexity index is 354. The lowest BCUT2D eigenvalue weighted by Crippen LogP contribution is -2.13. The Kier molecular flexibility index (Phi) is 5.78. The molecule has 1 aromatic carbocycles. The second-order valence-electron chi connectivity index (χ2n) is 4.19. The van der Waals surface area contributed by atoms with Gasteiger partial charge in [-0.15, -0.1) is 0 Å². The summed E-state index contributed by atoms with van der Waals surface area (Å²) in [6, 6.07) is 3.59. The van der Waals surface area contributed by atoms with Crippen molar-refractivity contribution in [1.82, 2.24) is 0 Å². The Labute approximate surface area is 109 Å². The van der Waals surface area contributed by atoms with Gasteiger partial charge in [0.05, 0.1) is 26.9 Å². The normalized spacial score (nSPS) is 12.1. The molecule has 1 rings (SSSR count). The Morgan fingerprint density at radius 2 is 1.61 bits per heavy atom. The fraction of sp³-hybridized carbons (Fsp3) is 0.571. The summed E-state index contributed by atoms with van der Waals surface area (Å²) in [5, 5.41) is 0. The first-order valence-corrected chi connectivity index (χ1v) is 6.23. The third kappa shape index (κ3) is 3.29. The van der Waals surface area contributed by atoms with Gasteiger partial charge in [0.25, 0.3) is 0 Å². The van der Waals surface area contributed by atoms with E-state index in [1.54, 1.807) is 21.3 Å². The monoisotopic (exact) mass is 253 g/mol. The zero-order valence-corrected chi connectivity index (χ0v) is 11.7. The van der Waals surface area contributed by atoms with E-state index in [0.29, 0.717) is 5.75 Å². The number of benzene rings is 1. The molecule has 0 amide bonds. The lowest BCUT2D eigenvalue weighted by molar-refractivity contribution is 0.362. The van der Waals surface area contributed by atoms with E-state index in [2.05, 4.69) is 6.92 Å². The van der Waals surface area contributed by atoms with E-state index in [-0.39, 0.29) is 6.04 Å². The lowest BCUT2D eigenvalue weighted by Gasteiger charge is -2.19. The van der Waals surface area contributed by atoms with Crippen molar-refractivity contribution in [2.24, 2.45) is 5.73 Å². The SMILES string of the molecule is CCCC[C@@H](N)c1c(OC)cc(OC)cc1OC. The fourth-order valence-electron chi connectivity index (χ4n) is 1.97. The largest absolute Gasteiger partial charge is 0.496 e. The second kappa shape index (κ2) is 7.11. The molecular weight excluding hydrogens is 230 g/mol. The van der Waals surface area contributed by atoms with Gasteiger partial charge in [-0.1, -0.05) is 19.8 Å². The van der Waals surface area contributed by atoms with E-state index in [0.717, 1.165) is 36.3 Å². The van der Waals surface area contributed by atoms with Gasteiger partial charge in [0.15, 0.2) is 0 Å². The summed E-state index contributed by atoms with van der Waals surface area (Å²) in [5.74, 6) is 2.14. The van der Waals surface area contributed by atoms with Crippen molar-refractivity contribution in [3.8, 4) is 17.2 Å². The highest BCUT2D eigenvalue weighted by molar-refractivity contribution is 5.52. The first kappa shape index (κ1) is 14.6. The molecule has 4 nitrogen and oxygen atoms in total. The van der Waals surface area contributed by atoms with Crippen LogP contribution in [0.25, 0.3) is 0 Å². The molecule has 0 aliphatic carbocycles. The van der Waals surface area contributed by atoms with Gasteiger partial charge in [0.1, 0.15) is 17.2 Å². The van der Waals surface area contributed by atoms with Crippen molar-refractivity contribution >= 4 is 0 Å². The van der Waals surface area contributed by atoms with E-state index in [1.165, 1.54) is 0 Å². The van der Waals surface area contributed by atoms with E-state index >= 15 is 0 Å². The van der Waals surface area contributed by atoms with Gasteiger partial charge < -0.3 is 19.9 Å². The summed E-state index contributed by atoms with van der Waals surface area (Å²) in [7, 11) is 4.87. The Balaban J connectivity index is 3.13. The molecule has 0 spiro atoms. The first-order valence-electron chi connectivity index (χ1n) is 6.23. The van der Waals surface area contributed by atoms with Crippen molar-refractivity contribution in [3.05, 3.63) is 17.7 Å². The summed E-state index contributed by atoms with van der Waals surface area (Å²) < 4.78 is 16.0. The van der Waals surface area contributed by atoms with Gasteiger partial charge in [-0.2, -0.15) is 0 Å². The van der Waals surface area contributed by atoms with E-state index in [1.807, 2.05) is 12.1 Å². The molecule has 102 valence electrons. The minimum Gasteiger partial charge on any atom is -0.496 e. The molecule has 0 aliphatic heterocycles. The van der Waals surface area contributed by atoms with Crippen LogP contribution in [0.2, 0.25) is 0 Å². The van der Waals surface area contributed by atoms with Crippen LogP contribution in [0.4, 0.5) is 0 Å². The summed E-state index contributed by atoms with van der Waals surface area (Å²) in [5.41, 5.74) is 7.14. The van der Waals surface area contributed by atoms with Gasteiger partial charge in [-0.25, -0.2) is 0 Å². The molecule has 0 saturated heterocycles. The molecule has 0 bridgehead atoms. The minimum absolute atomic E-state index is 0.0826. The van der Waals surface area contributed by atoms with E-state index in [4.69, 9.17) is 19.9 Å². The molecule has 4 heteroatoms. The third-order valence-electron chi connectivity index (χ3n) is 2.99.